The van der Waals surface area contributed by atoms with Crippen LogP contribution < -0.4 is 5.19 Å². The molecule has 2 aromatic carbocycles. The molecule has 1 nitrogen and oxygen atoms in total. The SMILES string of the molecule is CC(C)Cc1cc(-c2ccc3c(c2)sc2ccccc23)ncc1[Si](C)(C)C. The summed E-state index contributed by atoms with van der Waals surface area (Å²) in [5.74, 6) is 0.653. The fourth-order valence-corrected chi connectivity index (χ4v) is 6.56. The van der Waals surface area contributed by atoms with E-state index in [4.69, 9.17) is 4.98 Å². The summed E-state index contributed by atoms with van der Waals surface area (Å²) in [4.78, 5) is 4.88. The second kappa shape index (κ2) is 6.88. The monoisotopic (exact) mass is 389 g/mol. The predicted octanol–water partition coefficient (Wildman–Crippen LogP) is 6.86. The van der Waals surface area contributed by atoms with Gasteiger partial charge in [-0.15, -0.1) is 11.3 Å². The molecule has 0 aliphatic heterocycles. The molecule has 0 bridgehead atoms. The smallest absolute Gasteiger partial charge is 0.0799 e. The Labute approximate surface area is 167 Å². The average Bonchev–Trinajstić information content (AvgIpc) is 2.98. The van der Waals surface area contributed by atoms with Crippen LogP contribution >= 0.6 is 11.3 Å². The van der Waals surface area contributed by atoms with Crippen molar-refractivity contribution < 1.29 is 0 Å². The van der Waals surface area contributed by atoms with Gasteiger partial charge in [-0.25, -0.2) is 0 Å². The van der Waals surface area contributed by atoms with Gasteiger partial charge in [0.15, 0.2) is 0 Å². The van der Waals surface area contributed by atoms with E-state index in [1.54, 1.807) is 0 Å². The molecule has 0 saturated heterocycles. The Morgan fingerprint density at radius 1 is 0.926 bits per heavy atom. The molecule has 0 spiro atoms. The number of fused-ring (bicyclic) bond motifs is 3. The fourth-order valence-electron chi connectivity index (χ4n) is 3.82. The topological polar surface area (TPSA) is 12.9 Å². The molecule has 0 N–H and O–H groups in total. The summed E-state index contributed by atoms with van der Waals surface area (Å²) in [5.41, 5.74) is 3.82. The first-order chi connectivity index (χ1) is 12.8. The second-order valence-corrected chi connectivity index (χ2v) is 15.0. The van der Waals surface area contributed by atoms with Gasteiger partial charge in [0.25, 0.3) is 0 Å². The summed E-state index contributed by atoms with van der Waals surface area (Å²) in [6, 6.07) is 17.8. The zero-order valence-corrected chi connectivity index (χ0v) is 18.7. The third kappa shape index (κ3) is 3.58. The first kappa shape index (κ1) is 18.4. The van der Waals surface area contributed by atoms with Crippen LogP contribution in [0, 0.1) is 5.92 Å². The zero-order chi connectivity index (χ0) is 19.2. The molecule has 0 amide bonds. The van der Waals surface area contributed by atoms with Crippen LogP contribution in [0.5, 0.6) is 0 Å². The van der Waals surface area contributed by atoms with Crippen LogP contribution in [0.3, 0.4) is 0 Å². The van der Waals surface area contributed by atoms with Crippen LogP contribution in [-0.4, -0.2) is 13.1 Å². The summed E-state index contributed by atoms with van der Waals surface area (Å²) < 4.78 is 2.70. The van der Waals surface area contributed by atoms with E-state index in [9.17, 15) is 0 Å². The molecule has 0 saturated carbocycles. The maximum Gasteiger partial charge on any atom is 0.0799 e. The van der Waals surface area contributed by atoms with Crippen molar-refractivity contribution in [2.24, 2.45) is 5.92 Å². The van der Waals surface area contributed by atoms with Crippen LogP contribution in [0.1, 0.15) is 19.4 Å². The van der Waals surface area contributed by atoms with Gasteiger partial charge in [0, 0.05) is 31.9 Å². The van der Waals surface area contributed by atoms with E-state index >= 15 is 0 Å². The van der Waals surface area contributed by atoms with E-state index in [0.29, 0.717) is 5.92 Å². The highest BCUT2D eigenvalue weighted by atomic mass is 32.1. The molecule has 0 fully saturated rings. The Bertz CT molecular complexity index is 1120. The number of benzene rings is 2. The van der Waals surface area contributed by atoms with Crippen molar-refractivity contribution in [3.63, 3.8) is 0 Å². The Kier molecular flexibility index (Phi) is 4.69. The van der Waals surface area contributed by atoms with Gasteiger partial charge in [-0.05, 0) is 41.3 Å². The quantitative estimate of drug-likeness (QED) is 0.347. The maximum absolute atomic E-state index is 4.88. The van der Waals surface area contributed by atoms with Gasteiger partial charge in [0.2, 0.25) is 0 Å². The highest BCUT2D eigenvalue weighted by molar-refractivity contribution is 7.25. The van der Waals surface area contributed by atoms with Crippen LogP contribution in [0.2, 0.25) is 19.6 Å². The zero-order valence-electron chi connectivity index (χ0n) is 16.8. The van der Waals surface area contributed by atoms with Crippen LogP contribution in [-0.2, 0) is 6.42 Å². The number of rotatable bonds is 4. The number of hydrogen-bond acceptors (Lipinski definition) is 2. The van der Waals surface area contributed by atoms with Crippen LogP contribution in [0.15, 0.2) is 54.7 Å². The minimum Gasteiger partial charge on any atom is -0.256 e. The average molecular weight is 390 g/mol. The summed E-state index contributed by atoms with van der Waals surface area (Å²) in [6.45, 7) is 11.8. The molecule has 0 aliphatic rings. The van der Waals surface area contributed by atoms with Crippen molar-refractivity contribution >= 4 is 44.8 Å². The van der Waals surface area contributed by atoms with Gasteiger partial charge < -0.3 is 0 Å². The molecule has 4 rings (SSSR count). The lowest BCUT2D eigenvalue weighted by molar-refractivity contribution is 0.649. The number of hydrogen-bond donors (Lipinski definition) is 0. The number of pyridine rings is 1. The number of aromatic nitrogens is 1. The van der Waals surface area contributed by atoms with E-state index < -0.39 is 8.07 Å². The van der Waals surface area contributed by atoms with Gasteiger partial charge in [-0.2, -0.15) is 0 Å². The molecule has 3 heteroatoms. The minimum atomic E-state index is -1.39. The molecular weight excluding hydrogens is 362 g/mol. The van der Waals surface area contributed by atoms with Gasteiger partial charge >= 0.3 is 0 Å². The van der Waals surface area contributed by atoms with Crippen molar-refractivity contribution in [3.05, 3.63) is 60.3 Å². The van der Waals surface area contributed by atoms with E-state index in [2.05, 4.69) is 88.2 Å². The standard InChI is InChI=1S/C24H27NSSi/c1-16(2)12-18-13-21(25-15-24(18)27(3,4)5)17-10-11-20-19-8-6-7-9-22(19)26-23(20)14-17/h6-11,13-16H,12H2,1-5H3. The Morgan fingerprint density at radius 3 is 2.41 bits per heavy atom. The maximum atomic E-state index is 4.88. The molecule has 0 atom stereocenters. The Hall–Kier alpha value is -1.97. The van der Waals surface area contributed by atoms with Crippen molar-refractivity contribution in [2.75, 3.05) is 0 Å². The van der Waals surface area contributed by atoms with Crippen molar-refractivity contribution in [3.8, 4) is 11.3 Å². The predicted molar refractivity (Wildman–Crippen MR) is 124 cm³/mol. The van der Waals surface area contributed by atoms with Crippen molar-refractivity contribution in [2.45, 2.75) is 39.9 Å². The molecule has 2 heterocycles. The van der Waals surface area contributed by atoms with Crippen molar-refractivity contribution in [1.82, 2.24) is 4.98 Å². The summed E-state index contributed by atoms with van der Waals surface area (Å²) in [5, 5.41) is 4.20. The van der Waals surface area contributed by atoms with Crippen LogP contribution in [0.4, 0.5) is 0 Å². The van der Waals surface area contributed by atoms with E-state index in [-0.39, 0.29) is 0 Å². The highest BCUT2D eigenvalue weighted by Gasteiger charge is 2.22. The lowest BCUT2D eigenvalue weighted by Gasteiger charge is -2.22. The number of nitrogens with zero attached hydrogens (tertiary/aromatic N) is 1. The van der Waals surface area contributed by atoms with Crippen LogP contribution in [0.25, 0.3) is 31.4 Å². The Balaban J connectivity index is 1.83. The molecule has 0 radical (unpaired) electrons. The third-order valence-corrected chi connectivity index (χ3v) is 8.30. The first-order valence-electron chi connectivity index (χ1n) is 9.74. The van der Waals surface area contributed by atoms with E-state index in [1.165, 1.54) is 36.5 Å². The lowest BCUT2D eigenvalue weighted by atomic mass is 10.0. The van der Waals surface area contributed by atoms with Gasteiger partial charge in [-0.1, -0.05) is 63.8 Å². The van der Waals surface area contributed by atoms with Gasteiger partial charge in [-0.3, -0.25) is 4.98 Å². The van der Waals surface area contributed by atoms with E-state index in [1.807, 2.05) is 11.3 Å². The van der Waals surface area contributed by atoms with Gasteiger partial charge in [0.05, 0.1) is 13.8 Å². The minimum absolute atomic E-state index is 0.653. The van der Waals surface area contributed by atoms with Gasteiger partial charge in [0.1, 0.15) is 0 Å². The van der Waals surface area contributed by atoms with Crippen molar-refractivity contribution in [1.29, 1.82) is 0 Å². The number of thiophene rings is 1. The molecule has 27 heavy (non-hydrogen) atoms. The normalized spacial score (nSPS) is 12.4. The first-order valence-corrected chi connectivity index (χ1v) is 14.1. The van der Waals surface area contributed by atoms with E-state index in [0.717, 1.165) is 12.1 Å². The molecule has 0 aliphatic carbocycles. The Morgan fingerprint density at radius 2 is 1.67 bits per heavy atom. The third-order valence-electron chi connectivity index (χ3n) is 5.10. The molecule has 2 aromatic heterocycles. The molecule has 0 unspecified atom stereocenters. The summed E-state index contributed by atoms with van der Waals surface area (Å²) in [6.07, 6.45) is 3.29. The fraction of sp³-hybridized carbons (Fsp3) is 0.292. The highest BCUT2D eigenvalue weighted by Crippen LogP contribution is 2.36. The largest absolute Gasteiger partial charge is 0.256 e. The molecule has 4 aromatic rings. The molecular formula is C24H27NSSi. The summed E-state index contributed by atoms with van der Waals surface area (Å²) >= 11 is 1.87. The lowest BCUT2D eigenvalue weighted by Crippen LogP contribution is -2.40. The summed E-state index contributed by atoms with van der Waals surface area (Å²) in [7, 11) is -1.39. The second-order valence-electron chi connectivity index (χ2n) is 8.88. The molecule has 138 valence electrons.